The number of hydrogen-bond donors (Lipinski definition) is 1. The van der Waals surface area contributed by atoms with Gasteiger partial charge in [0.05, 0.1) is 0 Å². The third-order valence-corrected chi connectivity index (χ3v) is 4.68. The lowest BCUT2D eigenvalue weighted by Crippen LogP contribution is -2.34. The molecule has 21 heavy (non-hydrogen) atoms. The minimum atomic E-state index is -0.937. The van der Waals surface area contributed by atoms with E-state index < -0.39 is 5.97 Å². The van der Waals surface area contributed by atoms with E-state index in [1.807, 2.05) is 6.07 Å². The maximum atomic E-state index is 10.6. The normalized spacial score (nSPS) is 22.4. The first kappa shape index (κ1) is 16.0. The van der Waals surface area contributed by atoms with Gasteiger partial charge in [0, 0.05) is 35.4 Å². The molecule has 1 aromatic rings. The van der Waals surface area contributed by atoms with E-state index in [0.717, 1.165) is 29.2 Å². The van der Waals surface area contributed by atoms with Gasteiger partial charge in [-0.3, -0.25) is 0 Å². The Labute approximate surface area is 134 Å². The SMILES string of the molecule is CC1CN(c2ccc(/C=C/C(=O)O)c(Br)c2)CC1N(C)C. The van der Waals surface area contributed by atoms with Crippen molar-refractivity contribution in [2.45, 2.75) is 13.0 Å². The highest BCUT2D eigenvalue weighted by molar-refractivity contribution is 9.10. The maximum Gasteiger partial charge on any atom is 0.328 e. The largest absolute Gasteiger partial charge is 0.478 e. The Morgan fingerprint density at radius 3 is 2.67 bits per heavy atom. The van der Waals surface area contributed by atoms with Crippen molar-refractivity contribution >= 4 is 33.7 Å². The van der Waals surface area contributed by atoms with Gasteiger partial charge in [0.2, 0.25) is 0 Å². The van der Waals surface area contributed by atoms with Gasteiger partial charge < -0.3 is 14.9 Å². The van der Waals surface area contributed by atoms with Crippen molar-refractivity contribution in [2.75, 3.05) is 32.1 Å². The van der Waals surface area contributed by atoms with Gasteiger partial charge in [-0.1, -0.05) is 28.9 Å². The summed E-state index contributed by atoms with van der Waals surface area (Å²) in [5.74, 6) is -0.307. The second-order valence-electron chi connectivity index (χ2n) is 5.79. The summed E-state index contributed by atoms with van der Waals surface area (Å²) in [6.07, 6.45) is 2.76. The number of anilines is 1. The van der Waals surface area contributed by atoms with Crippen molar-refractivity contribution in [1.29, 1.82) is 0 Å². The first-order valence-electron chi connectivity index (χ1n) is 7.00. The quantitative estimate of drug-likeness (QED) is 0.846. The number of rotatable bonds is 4. The van der Waals surface area contributed by atoms with Crippen LogP contribution in [0.15, 0.2) is 28.7 Å². The molecule has 0 saturated carbocycles. The zero-order chi connectivity index (χ0) is 15.6. The second-order valence-corrected chi connectivity index (χ2v) is 6.64. The number of aliphatic carboxylic acids is 1. The van der Waals surface area contributed by atoms with Gasteiger partial charge in [-0.05, 0) is 43.8 Å². The van der Waals surface area contributed by atoms with Gasteiger partial charge in [0.1, 0.15) is 0 Å². The van der Waals surface area contributed by atoms with Crippen molar-refractivity contribution in [3.05, 3.63) is 34.3 Å². The Bertz CT molecular complexity index is 557. The molecule has 1 heterocycles. The highest BCUT2D eigenvalue weighted by Crippen LogP contribution is 2.30. The number of carboxylic acid groups (broad SMARTS) is 1. The van der Waals surface area contributed by atoms with E-state index >= 15 is 0 Å². The molecule has 1 saturated heterocycles. The topological polar surface area (TPSA) is 43.8 Å². The van der Waals surface area contributed by atoms with Crippen LogP contribution in [0.25, 0.3) is 6.08 Å². The molecule has 0 amide bonds. The monoisotopic (exact) mass is 352 g/mol. The van der Waals surface area contributed by atoms with Crippen molar-refractivity contribution in [1.82, 2.24) is 4.90 Å². The van der Waals surface area contributed by atoms with E-state index in [1.165, 1.54) is 5.69 Å². The summed E-state index contributed by atoms with van der Waals surface area (Å²) in [6.45, 7) is 4.34. The van der Waals surface area contributed by atoms with Crippen LogP contribution >= 0.6 is 15.9 Å². The molecule has 0 aliphatic carbocycles. The Morgan fingerprint density at radius 2 is 2.14 bits per heavy atom. The summed E-state index contributed by atoms with van der Waals surface area (Å²) in [5, 5.41) is 8.69. The maximum absolute atomic E-state index is 10.6. The number of halogens is 1. The summed E-state index contributed by atoms with van der Waals surface area (Å²) >= 11 is 3.52. The van der Waals surface area contributed by atoms with Gasteiger partial charge in [0.25, 0.3) is 0 Å². The van der Waals surface area contributed by atoms with Crippen LogP contribution in [0, 0.1) is 5.92 Å². The number of likely N-dealkylation sites (N-methyl/N-ethyl adjacent to an activating group) is 1. The van der Waals surface area contributed by atoms with Crippen molar-refractivity contribution < 1.29 is 9.90 Å². The Morgan fingerprint density at radius 1 is 1.43 bits per heavy atom. The predicted molar refractivity (Wildman–Crippen MR) is 89.7 cm³/mol. The lowest BCUT2D eigenvalue weighted by atomic mass is 10.1. The summed E-state index contributed by atoms with van der Waals surface area (Å²) in [6, 6.07) is 6.63. The number of carbonyl (C=O) groups is 1. The molecule has 0 aromatic heterocycles. The number of nitrogens with zero attached hydrogens (tertiary/aromatic N) is 2. The summed E-state index contributed by atoms with van der Waals surface area (Å²) in [5.41, 5.74) is 2.04. The van der Waals surface area contributed by atoms with E-state index in [-0.39, 0.29) is 0 Å². The van der Waals surface area contributed by atoms with Crippen molar-refractivity contribution in [3.8, 4) is 0 Å². The zero-order valence-corrected chi connectivity index (χ0v) is 14.2. The van der Waals surface area contributed by atoms with Crippen LogP contribution in [0.4, 0.5) is 5.69 Å². The van der Waals surface area contributed by atoms with Gasteiger partial charge >= 0.3 is 5.97 Å². The first-order chi connectivity index (χ1) is 9.88. The Balaban J connectivity index is 2.16. The first-order valence-corrected chi connectivity index (χ1v) is 7.79. The minimum absolute atomic E-state index is 0.565. The molecule has 0 radical (unpaired) electrons. The molecule has 1 N–H and O–H groups in total. The van der Waals surface area contributed by atoms with Crippen LogP contribution < -0.4 is 4.90 Å². The van der Waals surface area contributed by atoms with Crippen LogP contribution in [0.2, 0.25) is 0 Å². The molecule has 5 heteroatoms. The highest BCUT2D eigenvalue weighted by atomic mass is 79.9. The smallest absolute Gasteiger partial charge is 0.328 e. The molecule has 4 nitrogen and oxygen atoms in total. The summed E-state index contributed by atoms with van der Waals surface area (Å²) < 4.78 is 0.915. The van der Waals surface area contributed by atoms with E-state index in [1.54, 1.807) is 6.08 Å². The fourth-order valence-corrected chi connectivity index (χ4v) is 3.34. The average molecular weight is 353 g/mol. The van der Waals surface area contributed by atoms with Gasteiger partial charge in [-0.25, -0.2) is 4.79 Å². The van der Waals surface area contributed by atoms with Crippen LogP contribution in [0.3, 0.4) is 0 Å². The number of benzene rings is 1. The van der Waals surface area contributed by atoms with E-state index in [0.29, 0.717) is 12.0 Å². The number of carboxylic acids is 1. The molecular weight excluding hydrogens is 332 g/mol. The minimum Gasteiger partial charge on any atom is -0.478 e. The molecule has 0 bridgehead atoms. The molecule has 114 valence electrons. The van der Waals surface area contributed by atoms with E-state index in [9.17, 15) is 4.79 Å². The average Bonchev–Trinajstić information content (AvgIpc) is 2.79. The predicted octanol–water partition coefficient (Wildman–Crippen LogP) is 2.93. The summed E-state index contributed by atoms with van der Waals surface area (Å²) in [7, 11) is 4.25. The lowest BCUT2D eigenvalue weighted by Gasteiger charge is -2.23. The highest BCUT2D eigenvalue weighted by Gasteiger charge is 2.31. The van der Waals surface area contributed by atoms with Crippen LogP contribution in [0.1, 0.15) is 12.5 Å². The van der Waals surface area contributed by atoms with Crippen LogP contribution in [0.5, 0.6) is 0 Å². The van der Waals surface area contributed by atoms with Crippen molar-refractivity contribution in [2.24, 2.45) is 5.92 Å². The zero-order valence-electron chi connectivity index (χ0n) is 12.6. The molecule has 2 unspecified atom stereocenters. The lowest BCUT2D eigenvalue weighted by molar-refractivity contribution is -0.131. The fraction of sp³-hybridized carbons (Fsp3) is 0.438. The number of hydrogen-bond acceptors (Lipinski definition) is 3. The molecule has 1 fully saturated rings. The molecule has 0 spiro atoms. The standard InChI is InChI=1S/C16H21BrN2O2/c1-11-9-19(10-15(11)18(2)3)13-6-4-12(14(17)8-13)5-7-16(20)21/h4-8,11,15H,9-10H2,1-3H3,(H,20,21)/b7-5+. The van der Waals surface area contributed by atoms with E-state index in [2.05, 4.69) is 58.9 Å². The van der Waals surface area contributed by atoms with Gasteiger partial charge in [-0.15, -0.1) is 0 Å². The Hall–Kier alpha value is -1.33. The van der Waals surface area contributed by atoms with E-state index in [4.69, 9.17) is 5.11 Å². The second kappa shape index (κ2) is 6.62. The summed E-state index contributed by atoms with van der Waals surface area (Å²) in [4.78, 5) is 15.2. The third-order valence-electron chi connectivity index (χ3n) is 3.99. The molecule has 1 aromatic carbocycles. The fourth-order valence-electron chi connectivity index (χ4n) is 2.84. The third kappa shape index (κ3) is 3.86. The molecule has 1 aliphatic heterocycles. The molecule has 2 atom stereocenters. The van der Waals surface area contributed by atoms with Crippen LogP contribution in [-0.4, -0.2) is 49.2 Å². The molecular formula is C16H21BrN2O2. The Kier molecular flexibility index (Phi) is 5.06. The van der Waals surface area contributed by atoms with Crippen molar-refractivity contribution in [3.63, 3.8) is 0 Å². The molecule has 2 rings (SSSR count). The van der Waals surface area contributed by atoms with Crippen LogP contribution in [-0.2, 0) is 4.79 Å². The van der Waals surface area contributed by atoms with Gasteiger partial charge in [0.15, 0.2) is 0 Å². The molecule has 1 aliphatic rings. The van der Waals surface area contributed by atoms with Gasteiger partial charge in [-0.2, -0.15) is 0 Å².